The van der Waals surface area contributed by atoms with E-state index in [-0.39, 0.29) is 12.4 Å². The Morgan fingerprint density at radius 3 is 2.89 bits per heavy atom. The van der Waals surface area contributed by atoms with Crippen LogP contribution in [0.25, 0.3) is 0 Å². The van der Waals surface area contributed by atoms with Crippen molar-refractivity contribution in [3.63, 3.8) is 0 Å². The van der Waals surface area contributed by atoms with Crippen molar-refractivity contribution in [3.05, 3.63) is 28.8 Å². The van der Waals surface area contributed by atoms with E-state index in [1.165, 1.54) is 25.1 Å². The summed E-state index contributed by atoms with van der Waals surface area (Å²) in [5.41, 5.74) is 1.26. The highest BCUT2D eigenvalue weighted by molar-refractivity contribution is 6.32. The smallest absolute Gasteiger partial charge is 0.137 e. The van der Waals surface area contributed by atoms with Crippen LogP contribution in [0, 0.1) is 5.92 Å². The minimum atomic E-state index is 0. The summed E-state index contributed by atoms with van der Waals surface area (Å²) in [5.74, 6) is 1.53. The van der Waals surface area contributed by atoms with Gasteiger partial charge in [0, 0.05) is 13.1 Å². The first-order valence-electron chi connectivity index (χ1n) is 6.42. The first kappa shape index (κ1) is 16.6. The zero-order chi connectivity index (χ0) is 13.0. The molecule has 1 aromatic rings. The summed E-state index contributed by atoms with van der Waals surface area (Å²) in [7, 11) is 3.66. The van der Waals surface area contributed by atoms with Crippen LogP contribution in [-0.4, -0.2) is 38.7 Å². The molecule has 0 aromatic heterocycles. The van der Waals surface area contributed by atoms with Crippen LogP contribution in [0.1, 0.15) is 12.0 Å². The maximum atomic E-state index is 6.14. The lowest BCUT2D eigenvalue weighted by Crippen LogP contribution is -2.24. The van der Waals surface area contributed by atoms with Crippen LogP contribution < -0.4 is 10.1 Å². The molecule has 0 amide bonds. The van der Waals surface area contributed by atoms with E-state index >= 15 is 0 Å². The van der Waals surface area contributed by atoms with E-state index < -0.39 is 0 Å². The van der Waals surface area contributed by atoms with Crippen molar-refractivity contribution in [1.82, 2.24) is 10.2 Å². The van der Waals surface area contributed by atoms with Crippen molar-refractivity contribution in [3.8, 4) is 5.75 Å². The van der Waals surface area contributed by atoms with Gasteiger partial charge in [0.2, 0.25) is 0 Å². The van der Waals surface area contributed by atoms with Gasteiger partial charge in [-0.2, -0.15) is 0 Å². The molecule has 19 heavy (non-hydrogen) atoms. The van der Waals surface area contributed by atoms with Gasteiger partial charge in [-0.1, -0.05) is 17.7 Å². The van der Waals surface area contributed by atoms with Crippen molar-refractivity contribution >= 4 is 24.0 Å². The topological polar surface area (TPSA) is 24.5 Å². The lowest BCUT2D eigenvalue weighted by Gasteiger charge is -2.16. The van der Waals surface area contributed by atoms with Crippen LogP contribution in [0.4, 0.5) is 0 Å². The van der Waals surface area contributed by atoms with E-state index in [1.807, 2.05) is 19.2 Å². The van der Waals surface area contributed by atoms with E-state index in [9.17, 15) is 0 Å². The maximum absolute atomic E-state index is 6.14. The molecule has 0 spiro atoms. The number of hydrogen-bond acceptors (Lipinski definition) is 3. The molecule has 2 rings (SSSR count). The molecule has 1 aromatic carbocycles. The highest BCUT2D eigenvalue weighted by atomic mass is 35.5. The average molecular weight is 305 g/mol. The number of rotatable bonds is 5. The van der Waals surface area contributed by atoms with Crippen molar-refractivity contribution in [1.29, 1.82) is 0 Å². The molecule has 0 bridgehead atoms. The number of nitrogens with zero attached hydrogens (tertiary/aromatic N) is 1. The Kier molecular flexibility index (Phi) is 6.94. The highest BCUT2D eigenvalue weighted by Crippen LogP contribution is 2.26. The fourth-order valence-electron chi connectivity index (χ4n) is 2.58. The molecule has 1 heterocycles. The Labute approximate surface area is 126 Å². The summed E-state index contributed by atoms with van der Waals surface area (Å²) in [4.78, 5) is 2.49. The van der Waals surface area contributed by atoms with Gasteiger partial charge < -0.3 is 10.1 Å². The van der Waals surface area contributed by atoms with Crippen LogP contribution in [0.2, 0.25) is 5.02 Å². The summed E-state index contributed by atoms with van der Waals surface area (Å²) >= 11 is 6.14. The molecule has 0 aliphatic carbocycles. The number of benzene rings is 1. The van der Waals surface area contributed by atoms with Crippen LogP contribution in [0.5, 0.6) is 5.75 Å². The zero-order valence-electron chi connectivity index (χ0n) is 11.5. The number of likely N-dealkylation sites (tertiary alicyclic amines) is 1. The third kappa shape index (κ3) is 4.53. The highest BCUT2D eigenvalue weighted by Gasteiger charge is 2.21. The Balaban J connectivity index is 0.00000180. The van der Waals surface area contributed by atoms with Crippen molar-refractivity contribution in [2.24, 2.45) is 5.92 Å². The minimum Gasteiger partial charge on any atom is -0.495 e. The number of halogens is 2. The standard InChI is InChI=1S/C14H21ClN2O.ClH/c1-16-8-12-5-6-17(10-12)9-11-3-4-14(18-2)13(15)7-11;/h3-4,7,12,16H,5-6,8-10H2,1-2H3;1H. The van der Waals surface area contributed by atoms with Gasteiger partial charge in [-0.3, -0.25) is 4.90 Å². The monoisotopic (exact) mass is 304 g/mol. The third-order valence-electron chi connectivity index (χ3n) is 3.49. The summed E-state index contributed by atoms with van der Waals surface area (Å²) in [6.07, 6.45) is 1.28. The second-order valence-corrected chi connectivity index (χ2v) is 5.32. The van der Waals surface area contributed by atoms with Crippen LogP contribution >= 0.6 is 24.0 Å². The molecule has 1 fully saturated rings. The van der Waals surface area contributed by atoms with Gasteiger partial charge in [0.1, 0.15) is 5.75 Å². The van der Waals surface area contributed by atoms with Gasteiger partial charge >= 0.3 is 0 Å². The minimum absolute atomic E-state index is 0. The Bertz CT molecular complexity index is 401. The number of methoxy groups -OCH3 is 1. The van der Waals surface area contributed by atoms with Gasteiger partial charge in [0.05, 0.1) is 12.1 Å². The molecule has 3 nitrogen and oxygen atoms in total. The average Bonchev–Trinajstić information content (AvgIpc) is 2.77. The van der Waals surface area contributed by atoms with Gasteiger partial charge in [-0.25, -0.2) is 0 Å². The fourth-order valence-corrected chi connectivity index (χ4v) is 2.86. The molecule has 108 valence electrons. The molecule has 0 saturated carbocycles. The largest absolute Gasteiger partial charge is 0.495 e. The Morgan fingerprint density at radius 1 is 1.47 bits per heavy atom. The molecule has 1 N–H and O–H groups in total. The SMILES string of the molecule is CNCC1CCN(Cc2ccc(OC)c(Cl)c2)C1.Cl. The lowest BCUT2D eigenvalue weighted by molar-refractivity contribution is 0.315. The van der Waals surface area contributed by atoms with Crippen LogP contribution in [-0.2, 0) is 6.54 Å². The fraction of sp³-hybridized carbons (Fsp3) is 0.571. The second-order valence-electron chi connectivity index (χ2n) is 4.92. The molecule has 1 aliphatic rings. The van der Waals surface area contributed by atoms with Crippen LogP contribution in [0.3, 0.4) is 0 Å². The van der Waals surface area contributed by atoms with E-state index in [0.29, 0.717) is 5.02 Å². The Hall–Kier alpha value is -0.480. The van der Waals surface area contributed by atoms with E-state index in [0.717, 1.165) is 24.8 Å². The predicted molar refractivity (Wildman–Crippen MR) is 82.6 cm³/mol. The molecule has 0 radical (unpaired) electrons. The molecular formula is C14H22Cl2N2O. The number of nitrogens with one attached hydrogen (secondary N) is 1. The van der Waals surface area contributed by atoms with Gasteiger partial charge in [-0.15, -0.1) is 12.4 Å². The van der Waals surface area contributed by atoms with Crippen LogP contribution in [0.15, 0.2) is 18.2 Å². The zero-order valence-corrected chi connectivity index (χ0v) is 13.1. The quantitative estimate of drug-likeness (QED) is 0.905. The first-order chi connectivity index (χ1) is 8.72. The number of ether oxygens (including phenoxy) is 1. The summed E-state index contributed by atoms with van der Waals surface area (Å²) < 4.78 is 5.17. The first-order valence-corrected chi connectivity index (χ1v) is 6.80. The number of hydrogen-bond donors (Lipinski definition) is 1. The van der Waals surface area contributed by atoms with E-state index in [2.05, 4.69) is 16.3 Å². The van der Waals surface area contributed by atoms with Gasteiger partial charge in [0.15, 0.2) is 0 Å². The molecule has 1 aliphatic heterocycles. The van der Waals surface area contributed by atoms with Crippen molar-refractivity contribution in [2.45, 2.75) is 13.0 Å². The molecule has 1 unspecified atom stereocenters. The van der Waals surface area contributed by atoms with Gasteiger partial charge in [0.25, 0.3) is 0 Å². The van der Waals surface area contributed by atoms with Gasteiger partial charge in [-0.05, 0) is 50.2 Å². The maximum Gasteiger partial charge on any atom is 0.137 e. The molecular weight excluding hydrogens is 283 g/mol. The van der Waals surface area contributed by atoms with Crippen molar-refractivity contribution in [2.75, 3.05) is 33.8 Å². The van der Waals surface area contributed by atoms with Crippen molar-refractivity contribution < 1.29 is 4.74 Å². The normalized spacial score (nSPS) is 19.2. The summed E-state index contributed by atoms with van der Waals surface area (Å²) in [5, 5.41) is 3.95. The lowest BCUT2D eigenvalue weighted by atomic mass is 10.1. The Morgan fingerprint density at radius 2 is 2.26 bits per heavy atom. The molecule has 5 heteroatoms. The van der Waals surface area contributed by atoms with E-state index in [4.69, 9.17) is 16.3 Å². The molecule has 1 saturated heterocycles. The second kappa shape index (κ2) is 7.95. The predicted octanol–water partition coefficient (Wildman–Crippen LogP) is 2.81. The molecule has 1 atom stereocenters. The summed E-state index contributed by atoms with van der Waals surface area (Å²) in [6, 6.07) is 6.04. The third-order valence-corrected chi connectivity index (χ3v) is 3.78. The summed E-state index contributed by atoms with van der Waals surface area (Å²) in [6.45, 7) is 4.43. The van der Waals surface area contributed by atoms with E-state index in [1.54, 1.807) is 7.11 Å².